The molecule has 1 N–H and O–H groups in total. The first-order chi connectivity index (χ1) is 12.8. The summed E-state index contributed by atoms with van der Waals surface area (Å²) in [6.07, 6.45) is 2.91. The van der Waals surface area contributed by atoms with Gasteiger partial charge in [-0.15, -0.1) is 11.3 Å². The van der Waals surface area contributed by atoms with Crippen molar-refractivity contribution in [2.45, 2.75) is 40.0 Å². The van der Waals surface area contributed by atoms with E-state index in [1.807, 2.05) is 0 Å². The lowest BCUT2D eigenvalue weighted by Crippen LogP contribution is -2.36. The van der Waals surface area contributed by atoms with Crippen molar-refractivity contribution in [3.05, 3.63) is 43.0 Å². The monoisotopic (exact) mass is 405 g/mol. The van der Waals surface area contributed by atoms with Gasteiger partial charge in [0.1, 0.15) is 16.3 Å². The minimum absolute atomic E-state index is 0.210. The van der Waals surface area contributed by atoms with Gasteiger partial charge in [0.05, 0.1) is 16.1 Å². The highest BCUT2D eigenvalue weighted by atomic mass is 35.5. The Morgan fingerprint density at radius 1 is 1.37 bits per heavy atom. The van der Waals surface area contributed by atoms with Gasteiger partial charge < -0.3 is 0 Å². The van der Waals surface area contributed by atoms with Crippen molar-refractivity contribution in [2.24, 2.45) is 13.0 Å². The van der Waals surface area contributed by atoms with Crippen molar-refractivity contribution < 1.29 is 4.79 Å². The summed E-state index contributed by atoms with van der Waals surface area (Å²) in [5, 5.41) is 5.05. The number of nitrogens with one attached hydrogen (secondary N) is 1. The minimum atomic E-state index is -0.493. The summed E-state index contributed by atoms with van der Waals surface area (Å²) >= 11 is 7.79. The van der Waals surface area contributed by atoms with E-state index in [9.17, 15) is 9.59 Å². The Labute approximate surface area is 164 Å². The molecule has 27 heavy (non-hydrogen) atoms. The van der Waals surface area contributed by atoms with E-state index in [1.165, 1.54) is 14.2 Å². The summed E-state index contributed by atoms with van der Waals surface area (Å²) in [6.45, 7) is 5.66. The molecule has 7 nitrogen and oxygen atoms in total. The number of rotatable bonds is 2. The molecule has 4 rings (SSSR count). The molecule has 3 heterocycles. The lowest BCUT2D eigenvalue weighted by atomic mass is 9.89. The van der Waals surface area contributed by atoms with Crippen LogP contribution in [0.15, 0.2) is 4.79 Å². The molecule has 1 amide bonds. The molecule has 0 fully saturated rings. The number of fused-ring (bicyclic) bond motifs is 3. The number of hydrogen-bond donors (Lipinski definition) is 1. The summed E-state index contributed by atoms with van der Waals surface area (Å²) in [4.78, 5) is 32.5. The maximum atomic E-state index is 13.2. The van der Waals surface area contributed by atoms with Crippen molar-refractivity contribution in [1.29, 1.82) is 0 Å². The fraction of sp³-hybridized carbons (Fsp3) is 0.444. The highest BCUT2D eigenvalue weighted by Crippen LogP contribution is 2.35. The fourth-order valence-electron chi connectivity index (χ4n) is 3.66. The second kappa shape index (κ2) is 6.45. The van der Waals surface area contributed by atoms with E-state index >= 15 is 0 Å². The highest BCUT2D eigenvalue weighted by molar-refractivity contribution is 7.18. The molecule has 0 aliphatic heterocycles. The predicted molar refractivity (Wildman–Crippen MR) is 106 cm³/mol. The van der Waals surface area contributed by atoms with Gasteiger partial charge in [-0.2, -0.15) is 5.10 Å². The number of aromatic nitrogens is 4. The fourth-order valence-corrected chi connectivity index (χ4v) is 5.32. The van der Waals surface area contributed by atoms with Gasteiger partial charge in [-0.05, 0) is 44.6 Å². The number of nitrogens with zero attached hydrogens (tertiary/aromatic N) is 4. The second-order valence-electron chi connectivity index (χ2n) is 7.14. The number of hydrogen-bond acceptors (Lipinski definition) is 5. The number of aryl methyl sites for hydroxylation is 4. The summed E-state index contributed by atoms with van der Waals surface area (Å²) in [6, 6.07) is 0. The Morgan fingerprint density at radius 2 is 2.11 bits per heavy atom. The Hall–Kier alpha value is -2.19. The smallest absolute Gasteiger partial charge is 0.267 e. The van der Waals surface area contributed by atoms with Crippen LogP contribution in [-0.2, 0) is 19.9 Å². The zero-order chi connectivity index (χ0) is 19.5. The molecule has 0 radical (unpaired) electrons. The molecule has 3 aromatic heterocycles. The van der Waals surface area contributed by atoms with E-state index < -0.39 is 5.91 Å². The van der Waals surface area contributed by atoms with Crippen molar-refractivity contribution in [3.8, 4) is 0 Å². The first-order valence-corrected chi connectivity index (χ1v) is 10.0. The molecule has 0 bridgehead atoms. The number of carbonyl (C=O) groups excluding carboxylic acids is 1. The molecule has 9 heteroatoms. The Balaban J connectivity index is 1.80. The highest BCUT2D eigenvalue weighted by Gasteiger charge is 2.25. The molecule has 142 valence electrons. The lowest BCUT2D eigenvalue weighted by molar-refractivity contribution is 0.0997. The van der Waals surface area contributed by atoms with Crippen LogP contribution in [0.5, 0.6) is 0 Å². The summed E-state index contributed by atoms with van der Waals surface area (Å²) in [5.41, 5.74) is 4.26. The SMILES string of the molecule is Cc1nn(C)c(C(=O)Nn2c(C)nc3sc4c(c3c2=O)CC[C@H](C)C4)c1Cl. The maximum absolute atomic E-state index is 13.2. The number of thiophene rings is 1. The quantitative estimate of drug-likeness (QED) is 0.710. The van der Waals surface area contributed by atoms with Crippen molar-refractivity contribution in [2.75, 3.05) is 5.43 Å². The van der Waals surface area contributed by atoms with Gasteiger partial charge in [0.15, 0.2) is 0 Å². The largest absolute Gasteiger partial charge is 0.290 e. The lowest BCUT2D eigenvalue weighted by Gasteiger charge is -2.17. The minimum Gasteiger partial charge on any atom is -0.267 e. The van der Waals surface area contributed by atoms with E-state index in [0.717, 1.165) is 29.7 Å². The van der Waals surface area contributed by atoms with Gasteiger partial charge >= 0.3 is 0 Å². The first-order valence-electron chi connectivity index (χ1n) is 8.82. The normalized spacial score (nSPS) is 16.6. The summed E-state index contributed by atoms with van der Waals surface area (Å²) in [5.74, 6) is 0.554. The summed E-state index contributed by atoms with van der Waals surface area (Å²) < 4.78 is 2.63. The van der Waals surface area contributed by atoms with E-state index in [-0.39, 0.29) is 16.3 Å². The second-order valence-corrected chi connectivity index (χ2v) is 8.61. The van der Waals surface area contributed by atoms with Crippen LogP contribution in [0.1, 0.15) is 45.8 Å². The molecular weight excluding hydrogens is 386 g/mol. The molecule has 3 aromatic rings. The van der Waals surface area contributed by atoms with Crippen molar-refractivity contribution in [3.63, 3.8) is 0 Å². The first kappa shape index (κ1) is 18.2. The van der Waals surface area contributed by atoms with Gasteiger partial charge in [-0.1, -0.05) is 18.5 Å². The van der Waals surface area contributed by atoms with Crippen LogP contribution in [0, 0.1) is 19.8 Å². The third kappa shape index (κ3) is 2.87. The molecule has 0 saturated carbocycles. The maximum Gasteiger partial charge on any atom is 0.290 e. The van der Waals surface area contributed by atoms with Crippen LogP contribution in [0.25, 0.3) is 10.2 Å². The molecule has 1 atom stereocenters. The number of carbonyl (C=O) groups is 1. The van der Waals surface area contributed by atoms with Crippen molar-refractivity contribution >= 4 is 39.1 Å². The van der Waals surface area contributed by atoms with Gasteiger partial charge in [0, 0.05) is 11.9 Å². The van der Waals surface area contributed by atoms with Crippen molar-refractivity contribution in [1.82, 2.24) is 19.4 Å². The average Bonchev–Trinajstić information content (AvgIpc) is 3.07. The Bertz CT molecular complexity index is 1140. The molecule has 1 aliphatic carbocycles. The standard InChI is InChI=1S/C18H20ClN5O2S/c1-8-5-6-11-12(7-8)27-17-13(11)18(26)24(10(3)20-17)22-16(25)15-14(19)9(2)21-23(15)4/h8H,5-7H2,1-4H3,(H,22,25)/t8-/m0/s1. The van der Waals surface area contributed by atoms with Crippen LogP contribution >= 0.6 is 22.9 Å². The topological polar surface area (TPSA) is 81.8 Å². The van der Waals surface area contributed by atoms with Crippen LogP contribution in [-0.4, -0.2) is 25.3 Å². The third-order valence-corrected chi connectivity index (χ3v) is 6.68. The van der Waals surface area contributed by atoms with E-state index in [4.69, 9.17) is 11.6 Å². The van der Waals surface area contributed by atoms with Crippen LogP contribution < -0.4 is 11.0 Å². The molecule has 1 aliphatic rings. The van der Waals surface area contributed by atoms with Gasteiger partial charge in [0.2, 0.25) is 0 Å². The van der Waals surface area contributed by atoms with E-state index in [2.05, 4.69) is 22.4 Å². The number of halogens is 1. The molecular formula is C18H20ClN5O2S. The summed E-state index contributed by atoms with van der Waals surface area (Å²) in [7, 11) is 1.64. The molecule has 0 spiro atoms. The van der Waals surface area contributed by atoms with Gasteiger partial charge in [-0.25, -0.2) is 9.66 Å². The van der Waals surface area contributed by atoms with Crippen LogP contribution in [0.4, 0.5) is 0 Å². The average molecular weight is 406 g/mol. The van der Waals surface area contributed by atoms with E-state index in [0.29, 0.717) is 22.8 Å². The van der Waals surface area contributed by atoms with Crippen LogP contribution in [0.3, 0.4) is 0 Å². The van der Waals surface area contributed by atoms with Gasteiger partial charge in [0.25, 0.3) is 11.5 Å². The molecule has 0 unspecified atom stereocenters. The van der Waals surface area contributed by atoms with Crippen LogP contribution in [0.2, 0.25) is 5.02 Å². The van der Waals surface area contributed by atoms with Gasteiger partial charge in [-0.3, -0.25) is 19.7 Å². The molecule has 0 saturated heterocycles. The van der Waals surface area contributed by atoms with E-state index in [1.54, 1.807) is 32.2 Å². The predicted octanol–water partition coefficient (Wildman–Crippen LogP) is 2.97. The molecule has 0 aromatic carbocycles. The zero-order valence-corrected chi connectivity index (χ0v) is 17.2. The Kier molecular flexibility index (Phi) is 4.35. The third-order valence-electron chi connectivity index (χ3n) is 5.07. The Morgan fingerprint density at radius 3 is 2.78 bits per heavy atom. The zero-order valence-electron chi connectivity index (χ0n) is 15.6. The number of amides is 1.